The third kappa shape index (κ3) is 1.86. The van der Waals surface area contributed by atoms with Crippen LogP contribution in [0.1, 0.15) is 33.6 Å². The average molecular weight is 261 g/mol. The smallest absolute Gasteiger partial charge is 0.262 e. The number of imide groups is 1. The molecule has 2 amide bonds. The van der Waals surface area contributed by atoms with E-state index < -0.39 is 5.54 Å². The number of benzene rings is 1. The number of nitrogens with zero attached hydrogens (tertiary/aromatic N) is 1. The molecule has 19 heavy (non-hydrogen) atoms. The summed E-state index contributed by atoms with van der Waals surface area (Å²) in [6, 6.07) is 6.94. The van der Waals surface area contributed by atoms with Gasteiger partial charge in [-0.15, -0.1) is 0 Å². The lowest BCUT2D eigenvalue weighted by Gasteiger charge is -2.25. The van der Waals surface area contributed by atoms with Gasteiger partial charge in [0.1, 0.15) is 6.79 Å². The standard InChI is InChI=1S/C14H15NO4/c1-18-9-19-8-14(6-7-14)15-12(16)10-4-2-3-5-11(10)13(15)17/h2-5H,6-9H2,1H3. The molecule has 0 N–H and O–H groups in total. The highest BCUT2D eigenvalue weighted by molar-refractivity contribution is 6.22. The Labute approximate surface area is 111 Å². The van der Waals surface area contributed by atoms with E-state index in [-0.39, 0.29) is 18.6 Å². The van der Waals surface area contributed by atoms with Crippen LogP contribution in [0.4, 0.5) is 0 Å². The van der Waals surface area contributed by atoms with Crippen LogP contribution in [0, 0.1) is 0 Å². The van der Waals surface area contributed by atoms with Crippen LogP contribution in [0.25, 0.3) is 0 Å². The van der Waals surface area contributed by atoms with Crippen LogP contribution in [-0.2, 0) is 9.47 Å². The van der Waals surface area contributed by atoms with Crippen molar-refractivity contribution in [3.8, 4) is 0 Å². The highest BCUT2D eigenvalue weighted by Gasteiger charge is 2.56. The van der Waals surface area contributed by atoms with Gasteiger partial charge in [-0.2, -0.15) is 0 Å². The van der Waals surface area contributed by atoms with E-state index in [9.17, 15) is 9.59 Å². The molecule has 0 aromatic heterocycles. The van der Waals surface area contributed by atoms with Crippen molar-refractivity contribution in [1.29, 1.82) is 0 Å². The fourth-order valence-corrected chi connectivity index (χ4v) is 2.51. The van der Waals surface area contributed by atoms with E-state index in [2.05, 4.69) is 0 Å². The number of rotatable bonds is 5. The predicted molar refractivity (Wildman–Crippen MR) is 66.7 cm³/mol. The Hall–Kier alpha value is -1.72. The zero-order valence-electron chi connectivity index (χ0n) is 10.7. The molecule has 0 saturated heterocycles. The van der Waals surface area contributed by atoms with Gasteiger partial charge in [-0.1, -0.05) is 12.1 Å². The average Bonchev–Trinajstić information content (AvgIpc) is 3.14. The minimum Gasteiger partial charge on any atom is -0.359 e. The van der Waals surface area contributed by atoms with Gasteiger partial charge in [-0.3, -0.25) is 14.5 Å². The third-order valence-electron chi connectivity index (χ3n) is 3.67. The Morgan fingerprint density at radius 1 is 1.16 bits per heavy atom. The lowest BCUT2D eigenvalue weighted by molar-refractivity contribution is -0.0504. The van der Waals surface area contributed by atoms with E-state index in [1.54, 1.807) is 31.4 Å². The SMILES string of the molecule is COCOCC1(N2C(=O)c3ccccc3C2=O)CC1. The van der Waals surface area contributed by atoms with E-state index in [4.69, 9.17) is 9.47 Å². The van der Waals surface area contributed by atoms with Gasteiger partial charge < -0.3 is 9.47 Å². The van der Waals surface area contributed by atoms with E-state index in [1.807, 2.05) is 0 Å². The van der Waals surface area contributed by atoms with Crippen molar-refractivity contribution >= 4 is 11.8 Å². The van der Waals surface area contributed by atoms with Gasteiger partial charge >= 0.3 is 0 Å². The van der Waals surface area contributed by atoms with Crippen LogP contribution in [0.2, 0.25) is 0 Å². The van der Waals surface area contributed by atoms with Gasteiger partial charge in [-0.25, -0.2) is 0 Å². The highest BCUT2D eigenvalue weighted by atomic mass is 16.7. The molecule has 1 aromatic carbocycles. The molecule has 0 unspecified atom stereocenters. The number of ether oxygens (including phenoxy) is 2. The molecule has 2 aliphatic rings. The lowest BCUT2D eigenvalue weighted by atomic mass is 10.1. The Morgan fingerprint density at radius 2 is 1.74 bits per heavy atom. The summed E-state index contributed by atoms with van der Waals surface area (Å²) in [5.41, 5.74) is 0.516. The normalized spacial score (nSPS) is 19.7. The molecule has 1 aromatic rings. The van der Waals surface area contributed by atoms with Gasteiger partial charge in [0.15, 0.2) is 0 Å². The van der Waals surface area contributed by atoms with Crippen LogP contribution in [0.15, 0.2) is 24.3 Å². The number of hydrogen-bond donors (Lipinski definition) is 0. The van der Waals surface area contributed by atoms with Crippen LogP contribution >= 0.6 is 0 Å². The number of fused-ring (bicyclic) bond motifs is 1. The van der Waals surface area contributed by atoms with Crippen LogP contribution < -0.4 is 0 Å². The number of carbonyl (C=O) groups excluding carboxylic acids is 2. The Bertz CT molecular complexity index is 501. The van der Waals surface area contributed by atoms with Crippen LogP contribution in [-0.4, -0.2) is 42.8 Å². The Balaban J connectivity index is 1.84. The molecular formula is C14H15NO4. The Morgan fingerprint density at radius 3 is 2.21 bits per heavy atom. The molecule has 0 bridgehead atoms. The topological polar surface area (TPSA) is 55.8 Å². The summed E-state index contributed by atoms with van der Waals surface area (Å²) in [6.45, 7) is 0.511. The van der Waals surface area contributed by atoms with Gasteiger partial charge in [0.2, 0.25) is 0 Å². The minimum absolute atomic E-state index is 0.172. The third-order valence-corrected chi connectivity index (χ3v) is 3.67. The molecule has 5 nitrogen and oxygen atoms in total. The maximum absolute atomic E-state index is 12.3. The minimum atomic E-state index is -0.467. The second kappa shape index (κ2) is 4.43. The molecule has 3 rings (SSSR count). The molecule has 1 saturated carbocycles. The lowest BCUT2D eigenvalue weighted by Crippen LogP contribution is -2.44. The number of amides is 2. The molecule has 0 radical (unpaired) electrons. The fraction of sp³-hybridized carbons (Fsp3) is 0.429. The van der Waals surface area contributed by atoms with E-state index in [0.717, 1.165) is 12.8 Å². The first-order valence-electron chi connectivity index (χ1n) is 6.24. The molecule has 0 atom stereocenters. The molecule has 1 aliphatic carbocycles. The molecule has 0 spiro atoms. The van der Waals surface area contributed by atoms with Crippen molar-refractivity contribution in [3.63, 3.8) is 0 Å². The predicted octanol–water partition coefficient (Wildman–Crippen LogP) is 1.44. The number of hydrogen-bond acceptors (Lipinski definition) is 4. The first kappa shape index (κ1) is 12.3. The maximum Gasteiger partial charge on any atom is 0.262 e. The van der Waals surface area contributed by atoms with Crippen molar-refractivity contribution < 1.29 is 19.1 Å². The van der Waals surface area contributed by atoms with Crippen molar-refractivity contribution in [3.05, 3.63) is 35.4 Å². The summed E-state index contributed by atoms with van der Waals surface area (Å²) in [6.07, 6.45) is 1.59. The second-order valence-corrected chi connectivity index (χ2v) is 4.97. The van der Waals surface area contributed by atoms with E-state index in [0.29, 0.717) is 17.7 Å². The van der Waals surface area contributed by atoms with Crippen molar-refractivity contribution in [2.75, 3.05) is 20.5 Å². The molecule has 5 heteroatoms. The first-order valence-corrected chi connectivity index (χ1v) is 6.24. The molecular weight excluding hydrogens is 246 g/mol. The summed E-state index contributed by atoms with van der Waals surface area (Å²) in [5, 5.41) is 0. The quantitative estimate of drug-likeness (QED) is 0.457. The zero-order valence-corrected chi connectivity index (χ0v) is 10.7. The van der Waals surface area contributed by atoms with E-state index in [1.165, 1.54) is 4.90 Å². The summed E-state index contributed by atoms with van der Waals surface area (Å²) in [5.74, 6) is -0.418. The second-order valence-electron chi connectivity index (χ2n) is 4.97. The zero-order chi connectivity index (χ0) is 13.5. The summed E-state index contributed by atoms with van der Waals surface area (Å²) >= 11 is 0. The van der Waals surface area contributed by atoms with Crippen molar-refractivity contribution in [1.82, 2.24) is 4.90 Å². The van der Waals surface area contributed by atoms with Crippen molar-refractivity contribution in [2.24, 2.45) is 0 Å². The maximum atomic E-state index is 12.3. The summed E-state index contributed by atoms with van der Waals surface area (Å²) in [4.78, 5) is 26.1. The Kier molecular flexibility index (Phi) is 2.88. The van der Waals surface area contributed by atoms with Gasteiger partial charge in [0.25, 0.3) is 11.8 Å². The van der Waals surface area contributed by atoms with Crippen LogP contribution in [0.5, 0.6) is 0 Å². The molecule has 1 aliphatic heterocycles. The number of carbonyl (C=O) groups is 2. The van der Waals surface area contributed by atoms with Gasteiger partial charge in [-0.05, 0) is 25.0 Å². The summed E-state index contributed by atoms with van der Waals surface area (Å²) < 4.78 is 10.2. The van der Waals surface area contributed by atoms with Gasteiger partial charge in [0, 0.05) is 7.11 Å². The highest BCUT2D eigenvalue weighted by Crippen LogP contribution is 2.45. The molecule has 100 valence electrons. The molecule has 1 heterocycles. The largest absolute Gasteiger partial charge is 0.359 e. The molecule has 1 fully saturated rings. The fourth-order valence-electron chi connectivity index (χ4n) is 2.51. The van der Waals surface area contributed by atoms with Gasteiger partial charge in [0.05, 0.1) is 23.3 Å². The number of methoxy groups -OCH3 is 1. The van der Waals surface area contributed by atoms with Crippen molar-refractivity contribution in [2.45, 2.75) is 18.4 Å². The van der Waals surface area contributed by atoms with E-state index >= 15 is 0 Å². The van der Waals surface area contributed by atoms with Crippen LogP contribution in [0.3, 0.4) is 0 Å². The first-order chi connectivity index (χ1) is 9.19. The monoisotopic (exact) mass is 261 g/mol. The summed E-state index contributed by atoms with van der Waals surface area (Å²) in [7, 11) is 1.54.